The van der Waals surface area contributed by atoms with Crippen LogP contribution in [-0.2, 0) is 9.59 Å². The van der Waals surface area contributed by atoms with Gasteiger partial charge in [0, 0.05) is 6.54 Å². The van der Waals surface area contributed by atoms with Gasteiger partial charge in [-0.25, -0.2) is 0 Å². The molecule has 0 aliphatic rings. The molecule has 0 aromatic heterocycles. The molecule has 0 saturated carbocycles. The quantitative estimate of drug-likeness (QED) is 0.657. The molecule has 0 saturated heterocycles. The van der Waals surface area contributed by atoms with Crippen LogP contribution in [0, 0.1) is 5.92 Å². The van der Waals surface area contributed by atoms with E-state index in [1.165, 1.54) is 0 Å². The van der Waals surface area contributed by atoms with Gasteiger partial charge in [0.1, 0.15) is 6.04 Å². The van der Waals surface area contributed by atoms with Crippen LogP contribution >= 0.6 is 0 Å². The minimum absolute atomic E-state index is 0.263. The molecule has 0 bridgehead atoms. The molecule has 0 aromatic rings. The predicted octanol–water partition coefficient (Wildman–Crippen LogP) is 0.502. The average molecular weight is 203 g/mol. The highest BCUT2D eigenvalue weighted by molar-refractivity contribution is 5.73. The second-order valence-electron chi connectivity index (χ2n) is 3.34. The lowest BCUT2D eigenvalue weighted by Gasteiger charge is -2.26. The van der Waals surface area contributed by atoms with Crippen LogP contribution in [0.3, 0.4) is 0 Å². The number of carboxylic acid groups (broad SMARTS) is 2. The van der Waals surface area contributed by atoms with Crippen LogP contribution in [0.1, 0.15) is 20.8 Å². The van der Waals surface area contributed by atoms with Crippen LogP contribution in [-0.4, -0.2) is 46.2 Å². The number of hydrogen-bond acceptors (Lipinski definition) is 3. The van der Waals surface area contributed by atoms with Crippen molar-refractivity contribution in [1.82, 2.24) is 4.90 Å². The number of carboxylic acids is 2. The first-order chi connectivity index (χ1) is 6.40. The molecule has 0 aliphatic carbocycles. The first-order valence-electron chi connectivity index (χ1n) is 4.59. The van der Waals surface area contributed by atoms with Crippen LogP contribution in [0.4, 0.5) is 0 Å². The van der Waals surface area contributed by atoms with Gasteiger partial charge in [-0.3, -0.25) is 14.5 Å². The summed E-state index contributed by atoms with van der Waals surface area (Å²) in [7, 11) is 0. The summed E-state index contributed by atoms with van der Waals surface area (Å²) in [6, 6.07) is -0.637. The monoisotopic (exact) mass is 203 g/mol. The zero-order chi connectivity index (χ0) is 11.3. The molecule has 0 aliphatic heterocycles. The van der Waals surface area contributed by atoms with Gasteiger partial charge in [-0.05, 0) is 13.5 Å². The van der Waals surface area contributed by atoms with E-state index in [9.17, 15) is 9.59 Å². The third kappa shape index (κ3) is 3.74. The topological polar surface area (TPSA) is 77.8 Å². The molecule has 0 heterocycles. The van der Waals surface area contributed by atoms with Crippen molar-refractivity contribution in [3.63, 3.8) is 0 Å². The summed E-state index contributed by atoms with van der Waals surface area (Å²) in [6.07, 6.45) is 0. The number of hydrogen-bond donors (Lipinski definition) is 2. The van der Waals surface area contributed by atoms with Gasteiger partial charge in [0.15, 0.2) is 0 Å². The van der Waals surface area contributed by atoms with Crippen LogP contribution in [0.5, 0.6) is 0 Å². The predicted molar refractivity (Wildman–Crippen MR) is 51.1 cm³/mol. The van der Waals surface area contributed by atoms with Crippen molar-refractivity contribution < 1.29 is 19.8 Å². The van der Waals surface area contributed by atoms with Crippen LogP contribution in [0.2, 0.25) is 0 Å². The minimum atomic E-state index is -0.926. The zero-order valence-electron chi connectivity index (χ0n) is 8.73. The SMILES string of the molecule is CCN(CC(C)C(=O)O)C(C)C(=O)O. The Morgan fingerprint density at radius 1 is 1.21 bits per heavy atom. The molecule has 0 amide bonds. The summed E-state index contributed by atoms with van der Waals surface area (Å²) in [5.41, 5.74) is 0. The largest absolute Gasteiger partial charge is 0.481 e. The van der Waals surface area contributed by atoms with Gasteiger partial charge in [0.25, 0.3) is 0 Å². The number of carbonyl (C=O) groups is 2. The molecule has 14 heavy (non-hydrogen) atoms. The number of aliphatic carboxylic acids is 2. The average Bonchev–Trinajstić information content (AvgIpc) is 2.12. The lowest BCUT2D eigenvalue weighted by Crippen LogP contribution is -2.42. The molecule has 0 fully saturated rings. The van der Waals surface area contributed by atoms with Crippen molar-refractivity contribution in [2.45, 2.75) is 26.8 Å². The Balaban J connectivity index is 4.28. The second kappa shape index (κ2) is 5.59. The molecule has 2 atom stereocenters. The maximum Gasteiger partial charge on any atom is 0.320 e. The van der Waals surface area contributed by atoms with E-state index in [1.807, 2.05) is 6.92 Å². The summed E-state index contributed by atoms with van der Waals surface area (Å²) in [6.45, 7) is 5.73. The fraction of sp³-hybridized carbons (Fsp3) is 0.778. The third-order valence-corrected chi connectivity index (χ3v) is 2.24. The Kier molecular flexibility index (Phi) is 5.15. The molecule has 82 valence electrons. The molecule has 0 radical (unpaired) electrons. The summed E-state index contributed by atoms with van der Waals surface area (Å²) < 4.78 is 0. The van der Waals surface area contributed by atoms with E-state index in [1.54, 1.807) is 18.7 Å². The smallest absolute Gasteiger partial charge is 0.320 e. The molecule has 5 heteroatoms. The maximum absolute atomic E-state index is 10.7. The lowest BCUT2D eigenvalue weighted by molar-refractivity contribution is -0.146. The Morgan fingerprint density at radius 3 is 2.00 bits per heavy atom. The number of nitrogens with zero attached hydrogens (tertiary/aromatic N) is 1. The minimum Gasteiger partial charge on any atom is -0.481 e. The van der Waals surface area contributed by atoms with Crippen molar-refractivity contribution in [1.29, 1.82) is 0 Å². The van der Waals surface area contributed by atoms with Gasteiger partial charge >= 0.3 is 11.9 Å². The van der Waals surface area contributed by atoms with Gasteiger partial charge < -0.3 is 10.2 Å². The maximum atomic E-state index is 10.7. The first kappa shape index (κ1) is 12.9. The third-order valence-electron chi connectivity index (χ3n) is 2.24. The zero-order valence-corrected chi connectivity index (χ0v) is 8.73. The molecule has 0 spiro atoms. The summed E-state index contributed by atoms with van der Waals surface area (Å²) in [5, 5.41) is 17.4. The van der Waals surface area contributed by atoms with Crippen LogP contribution in [0.25, 0.3) is 0 Å². The highest BCUT2D eigenvalue weighted by Crippen LogP contribution is 2.05. The molecular weight excluding hydrogens is 186 g/mol. The summed E-state index contributed by atoms with van der Waals surface area (Å²) in [4.78, 5) is 22.9. The van der Waals surface area contributed by atoms with E-state index in [4.69, 9.17) is 10.2 Å². The number of rotatable bonds is 6. The Hall–Kier alpha value is -1.10. The van der Waals surface area contributed by atoms with Gasteiger partial charge in [0.05, 0.1) is 5.92 Å². The Labute approximate surface area is 83.3 Å². The van der Waals surface area contributed by atoms with Gasteiger partial charge in [-0.1, -0.05) is 13.8 Å². The van der Waals surface area contributed by atoms with Crippen molar-refractivity contribution in [3.8, 4) is 0 Å². The Morgan fingerprint density at radius 2 is 1.71 bits per heavy atom. The standard InChI is InChI=1S/C9H17NO4/c1-4-10(7(3)9(13)14)5-6(2)8(11)12/h6-7H,4-5H2,1-3H3,(H,11,12)(H,13,14). The fourth-order valence-electron chi connectivity index (χ4n) is 1.15. The number of likely N-dealkylation sites (N-methyl/N-ethyl adjacent to an activating group) is 1. The molecule has 0 rings (SSSR count). The lowest BCUT2D eigenvalue weighted by atomic mass is 10.1. The van der Waals surface area contributed by atoms with Crippen LogP contribution < -0.4 is 0 Å². The molecule has 5 nitrogen and oxygen atoms in total. The van der Waals surface area contributed by atoms with E-state index in [2.05, 4.69) is 0 Å². The van der Waals surface area contributed by atoms with Crippen molar-refractivity contribution in [2.24, 2.45) is 5.92 Å². The van der Waals surface area contributed by atoms with Crippen LogP contribution in [0.15, 0.2) is 0 Å². The van der Waals surface area contributed by atoms with E-state index >= 15 is 0 Å². The highest BCUT2D eigenvalue weighted by Gasteiger charge is 2.23. The van der Waals surface area contributed by atoms with Crippen molar-refractivity contribution in [3.05, 3.63) is 0 Å². The van der Waals surface area contributed by atoms with E-state index in [0.29, 0.717) is 6.54 Å². The van der Waals surface area contributed by atoms with Crippen molar-refractivity contribution >= 4 is 11.9 Å². The molecular formula is C9H17NO4. The fourth-order valence-corrected chi connectivity index (χ4v) is 1.15. The van der Waals surface area contributed by atoms with E-state index in [0.717, 1.165) is 0 Å². The van der Waals surface area contributed by atoms with Crippen molar-refractivity contribution in [2.75, 3.05) is 13.1 Å². The van der Waals surface area contributed by atoms with Gasteiger partial charge in [-0.15, -0.1) is 0 Å². The normalized spacial score (nSPS) is 15.1. The summed E-state index contributed by atoms with van der Waals surface area (Å²) in [5.74, 6) is -2.37. The van der Waals surface area contributed by atoms with E-state index < -0.39 is 23.9 Å². The van der Waals surface area contributed by atoms with Gasteiger partial charge in [-0.2, -0.15) is 0 Å². The highest BCUT2D eigenvalue weighted by atomic mass is 16.4. The Bertz CT molecular complexity index is 217. The van der Waals surface area contributed by atoms with Gasteiger partial charge in [0.2, 0.25) is 0 Å². The molecule has 0 aromatic carbocycles. The van der Waals surface area contributed by atoms with E-state index in [-0.39, 0.29) is 6.54 Å². The first-order valence-corrected chi connectivity index (χ1v) is 4.59. The second-order valence-corrected chi connectivity index (χ2v) is 3.34. The molecule has 2 N–H and O–H groups in total. The molecule has 2 unspecified atom stereocenters. The summed E-state index contributed by atoms with van der Waals surface area (Å²) >= 11 is 0.